The fraction of sp³-hybridized carbons (Fsp3) is 0.444. The summed E-state index contributed by atoms with van der Waals surface area (Å²) in [5, 5.41) is 4.28. The van der Waals surface area contributed by atoms with Crippen molar-refractivity contribution >= 4 is 33.3 Å². The van der Waals surface area contributed by atoms with Gasteiger partial charge in [-0.1, -0.05) is 17.8 Å². The number of hydrogen-bond acceptors (Lipinski definition) is 7. The van der Waals surface area contributed by atoms with Crippen LogP contribution in [0.25, 0.3) is 0 Å². The number of piperidine rings is 1. The monoisotopic (exact) mass is 405 g/mol. The van der Waals surface area contributed by atoms with Gasteiger partial charge in [0.15, 0.2) is 5.82 Å². The van der Waals surface area contributed by atoms with Crippen molar-refractivity contribution in [3.63, 3.8) is 0 Å². The number of hydrogen-bond donors (Lipinski definition) is 2. The predicted molar refractivity (Wildman–Crippen MR) is 107 cm³/mol. The minimum atomic E-state index is -3.10. The third kappa shape index (κ3) is 4.78. The number of benzene rings is 1. The number of likely N-dealkylation sites (tertiary alicyclic amines) is 1. The molecule has 4 rings (SSSR count). The first kappa shape index (κ1) is 18.7. The van der Waals surface area contributed by atoms with Crippen LogP contribution in [0, 0.1) is 5.92 Å². The van der Waals surface area contributed by atoms with Crippen molar-refractivity contribution in [1.82, 2.24) is 19.6 Å². The van der Waals surface area contributed by atoms with Gasteiger partial charge in [0.2, 0.25) is 10.0 Å². The summed E-state index contributed by atoms with van der Waals surface area (Å²) in [6, 6.07) is 6.51. The molecule has 7 nitrogen and oxygen atoms in total. The lowest BCUT2D eigenvalue weighted by Crippen LogP contribution is -2.38. The zero-order chi connectivity index (χ0) is 18.9. The van der Waals surface area contributed by atoms with Crippen molar-refractivity contribution in [2.45, 2.75) is 29.3 Å². The number of fused-ring (bicyclic) bond motifs is 2. The summed E-state index contributed by atoms with van der Waals surface area (Å²) in [6.07, 6.45) is 6.66. The maximum atomic E-state index is 11.2. The Kier molecular flexibility index (Phi) is 5.36. The van der Waals surface area contributed by atoms with Gasteiger partial charge >= 0.3 is 0 Å². The van der Waals surface area contributed by atoms with Crippen LogP contribution in [0.3, 0.4) is 0 Å². The number of sulfonamides is 1. The summed E-state index contributed by atoms with van der Waals surface area (Å²) in [7, 11) is -3.10. The molecule has 1 fully saturated rings. The van der Waals surface area contributed by atoms with Gasteiger partial charge in [-0.3, -0.25) is 4.90 Å². The van der Waals surface area contributed by atoms with Crippen LogP contribution in [0.15, 0.2) is 40.5 Å². The zero-order valence-corrected chi connectivity index (χ0v) is 16.8. The average Bonchev–Trinajstić information content (AvgIpc) is 2.65. The first-order valence-corrected chi connectivity index (χ1v) is 11.7. The Bertz CT molecular complexity index is 927. The molecule has 1 aromatic carbocycles. The molecule has 0 spiro atoms. The first-order valence-electron chi connectivity index (χ1n) is 9.02. The molecule has 2 N–H and O–H groups in total. The van der Waals surface area contributed by atoms with E-state index >= 15 is 0 Å². The second-order valence-corrected chi connectivity index (χ2v) is 9.97. The van der Waals surface area contributed by atoms with E-state index in [4.69, 9.17) is 0 Å². The Morgan fingerprint density at radius 2 is 2.04 bits per heavy atom. The number of rotatable bonds is 5. The fourth-order valence-corrected chi connectivity index (χ4v) is 4.87. The molecule has 144 valence electrons. The maximum absolute atomic E-state index is 11.2. The molecule has 27 heavy (non-hydrogen) atoms. The van der Waals surface area contributed by atoms with Crippen molar-refractivity contribution < 1.29 is 8.42 Å². The molecule has 0 bridgehead atoms. The summed E-state index contributed by atoms with van der Waals surface area (Å²) < 4.78 is 25.1. The molecule has 0 unspecified atom stereocenters. The predicted octanol–water partition coefficient (Wildman–Crippen LogP) is 2.45. The standard InChI is InChI=1S/C18H23N5O2S2/c1-27(24,25)21-11-13-4-8-23(9-5-13)12-14-2-3-16-15(10-14)22-17-18(26-16)20-7-6-19-17/h2-3,6-7,10,13,21H,4-5,8-9,11-12H2,1H3,(H,19,22). The molecule has 1 aromatic heterocycles. The molecule has 2 aliphatic rings. The van der Waals surface area contributed by atoms with Crippen molar-refractivity contribution in [1.29, 1.82) is 0 Å². The molecule has 2 aromatic rings. The number of aromatic nitrogens is 2. The van der Waals surface area contributed by atoms with Crippen LogP contribution < -0.4 is 10.0 Å². The van der Waals surface area contributed by atoms with Gasteiger partial charge in [-0.25, -0.2) is 23.1 Å². The van der Waals surface area contributed by atoms with E-state index in [1.165, 1.54) is 11.8 Å². The summed E-state index contributed by atoms with van der Waals surface area (Å²) in [5.41, 5.74) is 2.35. The number of nitrogens with one attached hydrogen (secondary N) is 2. The van der Waals surface area contributed by atoms with E-state index in [9.17, 15) is 8.42 Å². The van der Waals surface area contributed by atoms with Crippen molar-refractivity contribution in [3.05, 3.63) is 36.2 Å². The Morgan fingerprint density at radius 3 is 2.81 bits per heavy atom. The molecule has 0 radical (unpaired) electrons. The Labute approximate surface area is 164 Å². The van der Waals surface area contributed by atoms with E-state index in [-0.39, 0.29) is 0 Å². The van der Waals surface area contributed by atoms with E-state index in [2.05, 4.69) is 43.1 Å². The molecule has 0 aliphatic carbocycles. The Morgan fingerprint density at radius 1 is 1.26 bits per heavy atom. The molecule has 1 saturated heterocycles. The van der Waals surface area contributed by atoms with Crippen molar-refractivity contribution in [3.8, 4) is 0 Å². The highest BCUT2D eigenvalue weighted by Gasteiger charge is 2.21. The van der Waals surface area contributed by atoms with Gasteiger partial charge in [0.1, 0.15) is 5.03 Å². The second-order valence-electron chi connectivity index (χ2n) is 7.11. The van der Waals surface area contributed by atoms with E-state index in [0.717, 1.165) is 53.9 Å². The van der Waals surface area contributed by atoms with E-state index in [1.807, 2.05) is 0 Å². The molecule has 3 heterocycles. The van der Waals surface area contributed by atoms with Gasteiger partial charge in [-0.05, 0) is 49.5 Å². The van der Waals surface area contributed by atoms with Crippen LogP contribution >= 0.6 is 11.8 Å². The van der Waals surface area contributed by atoms with E-state index in [0.29, 0.717) is 12.5 Å². The molecular formula is C18H23N5O2S2. The lowest BCUT2D eigenvalue weighted by atomic mass is 9.97. The number of anilines is 2. The Balaban J connectivity index is 1.34. The highest BCUT2D eigenvalue weighted by molar-refractivity contribution is 7.99. The minimum Gasteiger partial charge on any atom is -0.337 e. The van der Waals surface area contributed by atoms with Crippen molar-refractivity contribution in [2.24, 2.45) is 5.92 Å². The zero-order valence-electron chi connectivity index (χ0n) is 15.2. The maximum Gasteiger partial charge on any atom is 0.208 e. The summed E-state index contributed by atoms with van der Waals surface area (Å²) in [4.78, 5) is 12.3. The fourth-order valence-electron chi connectivity index (χ4n) is 3.46. The summed E-state index contributed by atoms with van der Waals surface area (Å²) >= 11 is 1.64. The van der Waals surface area contributed by atoms with Gasteiger partial charge in [-0.2, -0.15) is 0 Å². The molecule has 0 amide bonds. The Hall–Kier alpha value is -1.68. The first-order chi connectivity index (χ1) is 13.0. The van der Waals surface area contributed by atoms with Crippen LogP contribution in [-0.2, 0) is 16.6 Å². The topological polar surface area (TPSA) is 87.2 Å². The highest BCUT2D eigenvalue weighted by atomic mass is 32.2. The van der Waals surface area contributed by atoms with Gasteiger partial charge < -0.3 is 5.32 Å². The highest BCUT2D eigenvalue weighted by Crippen LogP contribution is 2.42. The van der Waals surface area contributed by atoms with E-state index in [1.54, 1.807) is 24.2 Å². The lowest BCUT2D eigenvalue weighted by molar-refractivity contribution is 0.178. The van der Waals surface area contributed by atoms with Crippen molar-refractivity contribution in [2.75, 3.05) is 31.2 Å². The molecule has 0 atom stereocenters. The molecule has 2 aliphatic heterocycles. The van der Waals surface area contributed by atoms with Gasteiger partial charge in [0.05, 0.1) is 11.9 Å². The molecular weight excluding hydrogens is 382 g/mol. The summed E-state index contributed by atoms with van der Waals surface area (Å²) in [6.45, 7) is 3.43. The van der Waals surface area contributed by atoms with Crippen LogP contribution in [0.4, 0.5) is 11.5 Å². The SMILES string of the molecule is CS(=O)(=O)NCC1CCN(Cc2ccc3c(c2)Nc2nccnc2S3)CC1. The smallest absolute Gasteiger partial charge is 0.208 e. The van der Waals surface area contributed by atoms with Gasteiger partial charge in [-0.15, -0.1) is 0 Å². The van der Waals surface area contributed by atoms with Crippen LogP contribution in [0.2, 0.25) is 0 Å². The largest absolute Gasteiger partial charge is 0.337 e. The third-order valence-electron chi connectivity index (χ3n) is 4.92. The lowest BCUT2D eigenvalue weighted by Gasteiger charge is -2.32. The van der Waals surface area contributed by atoms with Crippen LogP contribution in [-0.4, -0.2) is 49.2 Å². The average molecular weight is 406 g/mol. The van der Waals surface area contributed by atoms with Crippen LogP contribution in [0.1, 0.15) is 18.4 Å². The summed E-state index contributed by atoms with van der Waals surface area (Å²) in [5.74, 6) is 1.24. The van der Waals surface area contributed by atoms with E-state index < -0.39 is 10.0 Å². The minimum absolute atomic E-state index is 0.424. The van der Waals surface area contributed by atoms with Gasteiger partial charge in [0, 0.05) is 30.4 Å². The third-order valence-corrected chi connectivity index (χ3v) is 6.67. The number of nitrogens with zero attached hydrogens (tertiary/aromatic N) is 3. The molecule has 9 heteroatoms. The normalized spacial score (nSPS) is 17.8. The second kappa shape index (κ2) is 7.75. The molecule has 0 saturated carbocycles. The van der Waals surface area contributed by atoms with Gasteiger partial charge in [0.25, 0.3) is 0 Å². The van der Waals surface area contributed by atoms with Crippen LogP contribution in [0.5, 0.6) is 0 Å². The quantitative estimate of drug-likeness (QED) is 0.674.